The van der Waals surface area contributed by atoms with E-state index in [1.165, 1.54) is 25.3 Å². The van der Waals surface area contributed by atoms with Gasteiger partial charge in [-0.25, -0.2) is 4.39 Å². The number of benzene rings is 3. The van der Waals surface area contributed by atoms with Gasteiger partial charge in [0.2, 0.25) is 5.82 Å². The lowest BCUT2D eigenvalue weighted by Crippen LogP contribution is -2.02. The zero-order valence-corrected chi connectivity index (χ0v) is 22.0. The van der Waals surface area contributed by atoms with Crippen LogP contribution >= 0.6 is 0 Å². The Bertz CT molecular complexity index is 1070. The zero-order valence-electron chi connectivity index (χ0n) is 22.0. The van der Waals surface area contributed by atoms with Gasteiger partial charge in [0, 0.05) is 12.2 Å². The molecule has 0 bridgehead atoms. The highest BCUT2D eigenvalue weighted by Crippen LogP contribution is 2.36. The average Bonchev–Trinajstić information content (AvgIpc) is 2.93. The van der Waals surface area contributed by atoms with E-state index in [0.717, 1.165) is 61.8 Å². The van der Waals surface area contributed by atoms with Crippen LogP contribution in [0.2, 0.25) is 0 Å². The molecule has 3 aromatic carbocycles. The minimum absolute atomic E-state index is 0.0369. The van der Waals surface area contributed by atoms with Crippen molar-refractivity contribution in [1.82, 2.24) is 0 Å². The second kappa shape index (κ2) is 16.0. The smallest absolute Gasteiger partial charge is 0.201 e. The highest BCUT2D eigenvalue weighted by Gasteiger charge is 2.18. The van der Waals surface area contributed by atoms with E-state index in [-0.39, 0.29) is 17.9 Å². The molecule has 5 heteroatoms. The lowest BCUT2D eigenvalue weighted by atomic mass is 9.94. The van der Waals surface area contributed by atoms with Crippen molar-refractivity contribution in [2.75, 3.05) is 19.8 Å². The van der Waals surface area contributed by atoms with Gasteiger partial charge in [-0.15, -0.1) is 0 Å². The Morgan fingerprint density at radius 2 is 1.22 bits per heavy atom. The lowest BCUT2D eigenvalue weighted by Gasteiger charge is -2.14. The molecule has 3 nitrogen and oxygen atoms in total. The van der Waals surface area contributed by atoms with Crippen LogP contribution < -0.4 is 9.47 Å². The quantitative estimate of drug-likeness (QED) is 0.184. The minimum atomic E-state index is -0.943. The molecule has 0 aliphatic heterocycles. The van der Waals surface area contributed by atoms with Crippen molar-refractivity contribution < 1.29 is 23.4 Å². The van der Waals surface area contributed by atoms with E-state index in [2.05, 4.69) is 6.92 Å². The average molecular weight is 511 g/mol. The van der Waals surface area contributed by atoms with Crippen molar-refractivity contribution >= 4 is 0 Å². The molecular formula is C32H40F2O3. The van der Waals surface area contributed by atoms with Gasteiger partial charge in [-0.05, 0) is 66.6 Å². The van der Waals surface area contributed by atoms with Crippen LogP contribution in [0.3, 0.4) is 0 Å². The molecule has 0 aliphatic carbocycles. The molecule has 37 heavy (non-hydrogen) atoms. The summed E-state index contributed by atoms with van der Waals surface area (Å²) in [7, 11) is 0. The Kier molecular flexibility index (Phi) is 12.4. The van der Waals surface area contributed by atoms with E-state index in [1.54, 1.807) is 12.1 Å². The summed E-state index contributed by atoms with van der Waals surface area (Å²) in [5.74, 6) is -1.10. The van der Waals surface area contributed by atoms with Crippen molar-refractivity contribution in [3.05, 3.63) is 72.3 Å². The first kappa shape index (κ1) is 28.6. The minimum Gasteiger partial charge on any atom is -0.494 e. The molecule has 0 saturated heterocycles. The van der Waals surface area contributed by atoms with Crippen LogP contribution in [0.1, 0.15) is 71.1 Å². The van der Waals surface area contributed by atoms with Crippen molar-refractivity contribution in [1.29, 1.82) is 0 Å². The fourth-order valence-electron chi connectivity index (χ4n) is 4.37. The predicted octanol–water partition coefficient (Wildman–Crippen LogP) is 8.97. The van der Waals surface area contributed by atoms with Crippen LogP contribution in [0.4, 0.5) is 8.78 Å². The molecule has 0 heterocycles. The first-order valence-corrected chi connectivity index (χ1v) is 13.7. The number of hydrogen-bond donors (Lipinski definition) is 1. The maximum absolute atomic E-state index is 15.2. The van der Waals surface area contributed by atoms with E-state index >= 15 is 4.39 Å². The van der Waals surface area contributed by atoms with E-state index in [0.29, 0.717) is 18.8 Å². The van der Waals surface area contributed by atoms with Crippen molar-refractivity contribution in [3.8, 4) is 33.8 Å². The molecule has 0 atom stereocenters. The molecule has 0 aromatic heterocycles. The van der Waals surface area contributed by atoms with Gasteiger partial charge in [0.15, 0.2) is 11.6 Å². The van der Waals surface area contributed by atoms with Crippen LogP contribution in [-0.4, -0.2) is 24.9 Å². The third kappa shape index (κ3) is 8.85. The Hall–Kier alpha value is -2.92. The highest BCUT2D eigenvalue weighted by molar-refractivity contribution is 5.84. The van der Waals surface area contributed by atoms with Gasteiger partial charge in [-0.1, -0.05) is 81.8 Å². The van der Waals surface area contributed by atoms with E-state index < -0.39 is 11.6 Å². The summed E-state index contributed by atoms with van der Waals surface area (Å²) in [6, 6.07) is 18.2. The van der Waals surface area contributed by atoms with E-state index in [1.807, 2.05) is 42.5 Å². The predicted molar refractivity (Wildman–Crippen MR) is 147 cm³/mol. The second-order valence-corrected chi connectivity index (χ2v) is 9.41. The molecule has 200 valence electrons. The second-order valence-electron chi connectivity index (χ2n) is 9.41. The first-order chi connectivity index (χ1) is 18.2. The summed E-state index contributed by atoms with van der Waals surface area (Å²) in [5, 5.41) is 8.85. The number of ether oxygens (including phenoxy) is 2. The lowest BCUT2D eigenvalue weighted by molar-refractivity contribution is 0.273. The Balaban J connectivity index is 1.64. The molecule has 0 spiro atoms. The highest BCUT2D eigenvalue weighted by atomic mass is 19.2. The third-order valence-corrected chi connectivity index (χ3v) is 6.51. The zero-order chi connectivity index (χ0) is 26.3. The van der Waals surface area contributed by atoms with Crippen LogP contribution in [0.25, 0.3) is 22.3 Å². The van der Waals surface area contributed by atoms with Crippen molar-refractivity contribution in [2.45, 2.75) is 71.1 Å². The number of halogens is 2. The molecule has 0 saturated carbocycles. The summed E-state index contributed by atoms with van der Waals surface area (Å²) in [5.41, 5.74) is 2.55. The fourth-order valence-corrected chi connectivity index (χ4v) is 4.37. The Morgan fingerprint density at radius 1 is 0.595 bits per heavy atom. The summed E-state index contributed by atoms with van der Waals surface area (Å²) in [6.07, 6.45) is 10.4. The summed E-state index contributed by atoms with van der Waals surface area (Å²) in [4.78, 5) is 0. The number of hydrogen-bond acceptors (Lipinski definition) is 3. The Labute approximate surface area is 220 Å². The van der Waals surface area contributed by atoms with Crippen LogP contribution in [0.5, 0.6) is 11.5 Å². The van der Waals surface area contributed by atoms with Gasteiger partial charge in [0.05, 0.1) is 13.2 Å². The van der Waals surface area contributed by atoms with Crippen LogP contribution in [0.15, 0.2) is 60.7 Å². The van der Waals surface area contributed by atoms with Gasteiger partial charge in [0.1, 0.15) is 5.75 Å². The van der Waals surface area contributed by atoms with Gasteiger partial charge in [0.25, 0.3) is 0 Å². The SMILES string of the molecule is CCCCCCCCOc1ccc(-c2ccccc2-c2ccc(OCCCCCCO)cc2)c(F)c1F. The topological polar surface area (TPSA) is 38.7 Å². The molecule has 0 fully saturated rings. The van der Waals surface area contributed by atoms with Crippen molar-refractivity contribution in [3.63, 3.8) is 0 Å². The summed E-state index contributed by atoms with van der Waals surface area (Å²) in [6.45, 7) is 3.42. The van der Waals surface area contributed by atoms with Gasteiger partial charge in [-0.3, -0.25) is 0 Å². The summed E-state index contributed by atoms with van der Waals surface area (Å²) < 4.78 is 41.5. The van der Waals surface area contributed by atoms with Crippen LogP contribution in [0, 0.1) is 11.6 Å². The van der Waals surface area contributed by atoms with E-state index in [9.17, 15) is 4.39 Å². The van der Waals surface area contributed by atoms with Gasteiger partial charge >= 0.3 is 0 Å². The first-order valence-electron chi connectivity index (χ1n) is 13.7. The molecule has 0 radical (unpaired) electrons. The standard InChI is InChI=1S/C32H40F2O3/c1-2-3-4-5-7-13-24-37-30-21-20-29(31(33)32(30)34)28-15-10-9-14-27(28)25-16-18-26(19-17-25)36-23-12-8-6-11-22-35/h9-10,14-21,35H,2-8,11-13,22-24H2,1H3. The number of aliphatic hydroxyl groups is 1. The molecule has 0 unspecified atom stereocenters. The monoisotopic (exact) mass is 510 g/mol. The number of unbranched alkanes of at least 4 members (excludes halogenated alkanes) is 8. The number of aliphatic hydroxyl groups excluding tert-OH is 1. The molecular weight excluding hydrogens is 470 g/mol. The van der Waals surface area contributed by atoms with Gasteiger partial charge in [-0.2, -0.15) is 4.39 Å². The normalized spacial score (nSPS) is 11.0. The molecule has 0 aliphatic rings. The number of rotatable bonds is 17. The maximum atomic E-state index is 15.2. The van der Waals surface area contributed by atoms with Crippen molar-refractivity contribution in [2.24, 2.45) is 0 Å². The Morgan fingerprint density at radius 3 is 1.92 bits per heavy atom. The molecule has 0 amide bonds. The molecule has 3 rings (SSSR count). The van der Waals surface area contributed by atoms with Crippen LogP contribution in [-0.2, 0) is 0 Å². The largest absolute Gasteiger partial charge is 0.494 e. The van der Waals surface area contributed by atoms with E-state index in [4.69, 9.17) is 14.6 Å². The summed E-state index contributed by atoms with van der Waals surface area (Å²) >= 11 is 0. The maximum Gasteiger partial charge on any atom is 0.201 e. The third-order valence-electron chi connectivity index (χ3n) is 6.51. The fraction of sp³-hybridized carbons (Fsp3) is 0.438. The molecule has 1 N–H and O–H groups in total. The molecule has 3 aromatic rings. The van der Waals surface area contributed by atoms with Gasteiger partial charge < -0.3 is 14.6 Å².